The number of carbonyl (C=O) groups excluding carboxylic acids is 1. The van der Waals surface area contributed by atoms with E-state index in [2.05, 4.69) is 39.2 Å². The van der Waals surface area contributed by atoms with Crippen LogP contribution in [0.4, 0.5) is 11.5 Å². The number of methoxy groups -OCH3 is 2. The number of sulfonamides is 1. The van der Waals surface area contributed by atoms with Crippen LogP contribution in [-0.2, 0) is 10.0 Å². The second kappa shape index (κ2) is 13.0. The highest BCUT2D eigenvalue weighted by molar-refractivity contribution is 7.92. The van der Waals surface area contributed by atoms with E-state index in [0.717, 1.165) is 6.42 Å². The molecule has 11 nitrogen and oxygen atoms in total. The Bertz CT molecular complexity index is 1360. The van der Waals surface area contributed by atoms with Gasteiger partial charge in [-0.15, -0.1) is 0 Å². The molecule has 0 spiro atoms. The molecule has 3 N–H and O–H groups in total. The molecule has 3 rings (SSSR count). The van der Waals surface area contributed by atoms with Crippen molar-refractivity contribution in [3.8, 4) is 17.6 Å². The van der Waals surface area contributed by atoms with Crippen LogP contribution in [0.1, 0.15) is 30.6 Å². The number of thiocarbonyl (C=S) groups is 1. The van der Waals surface area contributed by atoms with Gasteiger partial charge in [0, 0.05) is 17.3 Å². The predicted octanol–water partition coefficient (Wildman–Crippen LogP) is 3.85. The number of amides is 1. The topological polar surface area (TPSA) is 141 Å². The quantitative estimate of drug-likeness (QED) is 0.297. The molecular weight excluding hydrogens is 530 g/mol. The Morgan fingerprint density at radius 3 is 2.42 bits per heavy atom. The maximum absolute atomic E-state index is 12.8. The average Bonchev–Trinajstić information content (AvgIpc) is 2.88. The maximum atomic E-state index is 12.8. The number of benzene rings is 2. The Labute approximate surface area is 227 Å². The summed E-state index contributed by atoms with van der Waals surface area (Å²) >= 11 is 5.24. The van der Waals surface area contributed by atoms with Crippen LogP contribution in [0.2, 0.25) is 0 Å². The van der Waals surface area contributed by atoms with Gasteiger partial charge in [0.1, 0.15) is 5.75 Å². The maximum Gasteiger partial charge on any atom is 0.321 e. The van der Waals surface area contributed by atoms with Gasteiger partial charge < -0.3 is 19.5 Å². The van der Waals surface area contributed by atoms with Gasteiger partial charge in [0.05, 0.1) is 25.7 Å². The summed E-state index contributed by atoms with van der Waals surface area (Å²) in [5, 5.41) is 5.52. The Hall–Kier alpha value is -3.97. The van der Waals surface area contributed by atoms with Gasteiger partial charge in [-0.2, -0.15) is 9.97 Å². The van der Waals surface area contributed by atoms with Gasteiger partial charge in [0.2, 0.25) is 5.88 Å². The summed E-state index contributed by atoms with van der Waals surface area (Å²) in [5.41, 5.74) is 0.868. The summed E-state index contributed by atoms with van der Waals surface area (Å²) in [7, 11) is -1.23. The van der Waals surface area contributed by atoms with Gasteiger partial charge in [0.15, 0.2) is 10.9 Å². The predicted molar refractivity (Wildman–Crippen MR) is 147 cm³/mol. The van der Waals surface area contributed by atoms with Crippen molar-refractivity contribution in [1.82, 2.24) is 15.3 Å². The Kier molecular flexibility index (Phi) is 9.79. The van der Waals surface area contributed by atoms with Crippen LogP contribution in [0.25, 0.3) is 0 Å². The second-order valence-corrected chi connectivity index (χ2v) is 10.5. The molecule has 13 heteroatoms. The summed E-state index contributed by atoms with van der Waals surface area (Å²) < 4.78 is 43.7. The average molecular weight is 560 g/mol. The number of nitrogens with one attached hydrogen (secondary N) is 3. The van der Waals surface area contributed by atoms with Crippen LogP contribution in [0, 0.1) is 5.92 Å². The van der Waals surface area contributed by atoms with Gasteiger partial charge in [-0.05, 0) is 67.0 Å². The van der Waals surface area contributed by atoms with E-state index in [9.17, 15) is 13.2 Å². The lowest BCUT2D eigenvalue weighted by molar-refractivity contribution is 0.0977. The third-order valence-corrected chi connectivity index (χ3v) is 6.60. The molecule has 3 aromatic rings. The SMILES string of the molecule is COc1cc(NS(=O)(=O)c2ccc(NC(=S)NC(=O)c3cccc(OCCC(C)C)c3)cc2)nc(OC)n1. The molecule has 0 unspecified atom stereocenters. The van der Waals surface area contributed by atoms with Crippen molar-refractivity contribution >= 4 is 44.8 Å². The van der Waals surface area contributed by atoms with Crippen molar-refractivity contribution in [1.29, 1.82) is 0 Å². The zero-order valence-corrected chi connectivity index (χ0v) is 23.0. The molecule has 38 heavy (non-hydrogen) atoms. The fourth-order valence-corrected chi connectivity index (χ4v) is 4.25. The summed E-state index contributed by atoms with van der Waals surface area (Å²) in [6.07, 6.45) is 0.907. The molecule has 0 saturated carbocycles. The van der Waals surface area contributed by atoms with E-state index in [-0.39, 0.29) is 27.7 Å². The molecule has 0 fully saturated rings. The number of anilines is 2. The molecule has 0 aliphatic rings. The monoisotopic (exact) mass is 559 g/mol. The molecule has 1 aromatic heterocycles. The minimum Gasteiger partial charge on any atom is -0.494 e. The number of nitrogens with zero attached hydrogens (tertiary/aromatic N) is 2. The molecule has 1 amide bonds. The minimum absolute atomic E-state index is 0.0193. The van der Waals surface area contributed by atoms with E-state index in [1.807, 2.05) is 0 Å². The third-order valence-electron chi connectivity index (χ3n) is 5.02. The highest BCUT2D eigenvalue weighted by Crippen LogP contribution is 2.21. The first kappa shape index (κ1) is 28.6. The Morgan fingerprint density at radius 1 is 1.03 bits per heavy atom. The van der Waals surface area contributed by atoms with E-state index < -0.39 is 15.9 Å². The van der Waals surface area contributed by atoms with Crippen molar-refractivity contribution < 1.29 is 27.4 Å². The van der Waals surface area contributed by atoms with Crippen molar-refractivity contribution in [2.45, 2.75) is 25.2 Å². The minimum atomic E-state index is -3.97. The highest BCUT2D eigenvalue weighted by Gasteiger charge is 2.17. The molecule has 0 aliphatic carbocycles. The molecule has 0 bridgehead atoms. The normalized spacial score (nSPS) is 11.0. The number of rotatable bonds is 11. The van der Waals surface area contributed by atoms with E-state index in [1.54, 1.807) is 24.3 Å². The van der Waals surface area contributed by atoms with Crippen molar-refractivity contribution in [3.63, 3.8) is 0 Å². The van der Waals surface area contributed by atoms with Crippen LogP contribution < -0.4 is 29.6 Å². The van der Waals surface area contributed by atoms with Crippen molar-refractivity contribution in [3.05, 3.63) is 60.2 Å². The summed E-state index contributed by atoms with van der Waals surface area (Å²) in [6.45, 7) is 4.78. The third kappa shape index (κ3) is 8.28. The molecule has 0 atom stereocenters. The first-order chi connectivity index (χ1) is 18.1. The molecule has 0 aliphatic heterocycles. The van der Waals surface area contributed by atoms with E-state index in [0.29, 0.717) is 29.5 Å². The smallest absolute Gasteiger partial charge is 0.321 e. The zero-order valence-electron chi connectivity index (χ0n) is 21.3. The number of aromatic nitrogens is 2. The Balaban J connectivity index is 1.60. The van der Waals surface area contributed by atoms with E-state index >= 15 is 0 Å². The van der Waals surface area contributed by atoms with Crippen LogP contribution in [0.5, 0.6) is 17.6 Å². The van der Waals surface area contributed by atoms with Gasteiger partial charge >= 0.3 is 6.01 Å². The van der Waals surface area contributed by atoms with Gasteiger partial charge in [-0.3, -0.25) is 14.8 Å². The van der Waals surface area contributed by atoms with E-state index in [1.165, 1.54) is 44.6 Å². The second-order valence-electron chi connectivity index (χ2n) is 8.38. The summed E-state index contributed by atoms with van der Waals surface area (Å²) in [4.78, 5) is 20.5. The fourth-order valence-electron chi connectivity index (χ4n) is 3.04. The largest absolute Gasteiger partial charge is 0.494 e. The highest BCUT2D eigenvalue weighted by atomic mass is 32.2. The fraction of sp³-hybridized carbons (Fsp3) is 0.280. The first-order valence-electron chi connectivity index (χ1n) is 11.5. The van der Waals surface area contributed by atoms with Crippen molar-refractivity contribution in [2.75, 3.05) is 30.9 Å². The number of carbonyl (C=O) groups is 1. The molecule has 0 saturated heterocycles. The molecule has 0 radical (unpaired) electrons. The van der Waals surface area contributed by atoms with Crippen molar-refractivity contribution in [2.24, 2.45) is 5.92 Å². The van der Waals surface area contributed by atoms with Crippen LogP contribution in [-0.4, -0.2) is 50.2 Å². The van der Waals surface area contributed by atoms with Gasteiger partial charge in [-0.1, -0.05) is 19.9 Å². The van der Waals surface area contributed by atoms with Gasteiger partial charge in [-0.25, -0.2) is 8.42 Å². The first-order valence-corrected chi connectivity index (χ1v) is 13.4. The zero-order chi connectivity index (χ0) is 27.7. The standard InChI is InChI=1S/C25H29N5O6S2/c1-16(2)12-13-36-19-7-5-6-17(14-19)23(31)29-25(37)26-18-8-10-20(11-9-18)38(32,33)30-21-15-22(34-3)28-24(27-21)35-4/h5-11,14-16H,12-13H2,1-4H3,(H,27,28,30)(H2,26,29,31,37). The Morgan fingerprint density at radius 2 is 1.76 bits per heavy atom. The number of hydrogen-bond acceptors (Lipinski definition) is 9. The molecular formula is C25H29N5O6S2. The summed E-state index contributed by atoms with van der Waals surface area (Å²) in [6, 6.07) is 13.9. The lowest BCUT2D eigenvalue weighted by Crippen LogP contribution is -2.34. The summed E-state index contributed by atoms with van der Waals surface area (Å²) in [5.74, 6) is 0.823. The van der Waals surface area contributed by atoms with Crippen LogP contribution in [0.15, 0.2) is 59.5 Å². The molecule has 2 aromatic carbocycles. The van der Waals surface area contributed by atoms with Crippen LogP contribution in [0.3, 0.4) is 0 Å². The van der Waals surface area contributed by atoms with E-state index in [4.69, 9.17) is 26.4 Å². The molecule has 202 valence electrons. The number of hydrogen-bond donors (Lipinski definition) is 3. The molecule has 1 heterocycles. The number of ether oxygens (including phenoxy) is 3. The van der Waals surface area contributed by atoms with Crippen LogP contribution >= 0.6 is 12.2 Å². The lowest BCUT2D eigenvalue weighted by atomic mass is 10.1. The lowest BCUT2D eigenvalue weighted by Gasteiger charge is -2.12. The van der Waals surface area contributed by atoms with Gasteiger partial charge in [0.25, 0.3) is 15.9 Å².